The van der Waals surface area contributed by atoms with Gasteiger partial charge in [0.1, 0.15) is 5.82 Å². The first-order valence-corrected chi connectivity index (χ1v) is 6.29. The molecule has 2 N–H and O–H groups in total. The normalized spacial score (nSPS) is 10.8. The van der Waals surface area contributed by atoms with Crippen LogP contribution in [0.5, 0.6) is 0 Å². The van der Waals surface area contributed by atoms with Gasteiger partial charge in [-0.3, -0.25) is 0 Å². The lowest BCUT2D eigenvalue weighted by molar-refractivity contribution is 0.618. The molecule has 2 aromatic carbocycles. The molecular weight excluding hydrogens is 239 g/mol. The number of anilines is 1. The topological polar surface area (TPSA) is 27.8 Å². The molecule has 0 saturated carbocycles. The van der Waals surface area contributed by atoms with Gasteiger partial charge in [0.2, 0.25) is 0 Å². The molecule has 1 heterocycles. The summed E-state index contributed by atoms with van der Waals surface area (Å²) < 4.78 is 13.2. The van der Waals surface area contributed by atoms with Crippen molar-refractivity contribution in [2.24, 2.45) is 0 Å². The zero-order chi connectivity index (χ0) is 13.2. The number of aryl methyl sites for hydroxylation is 1. The fourth-order valence-electron chi connectivity index (χ4n) is 2.26. The average Bonchev–Trinajstić information content (AvgIpc) is 2.89. The van der Waals surface area contributed by atoms with E-state index in [0.717, 1.165) is 17.7 Å². The van der Waals surface area contributed by atoms with Crippen molar-refractivity contribution in [2.75, 3.05) is 5.32 Å². The predicted molar refractivity (Wildman–Crippen MR) is 76.8 cm³/mol. The zero-order valence-electron chi connectivity index (χ0n) is 10.7. The Bertz CT molecular complexity index is 716. The van der Waals surface area contributed by atoms with Crippen molar-refractivity contribution in [3.8, 4) is 0 Å². The van der Waals surface area contributed by atoms with Gasteiger partial charge in [0.25, 0.3) is 0 Å². The quantitative estimate of drug-likeness (QED) is 0.719. The molecule has 0 radical (unpaired) electrons. The van der Waals surface area contributed by atoms with Crippen molar-refractivity contribution in [2.45, 2.75) is 13.5 Å². The molecule has 3 aromatic rings. The minimum absolute atomic E-state index is 0.168. The number of hydrogen-bond acceptors (Lipinski definition) is 1. The summed E-state index contributed by atoms with van der Waals surface area (Å²) in [6.45, 7) is 2.49. The van der Waals surface area contributed by atoms with Crippen LogP contribution in [-0.4, -0.2) is 4.98 Å². The van der Waals surface area contributed by atoms with E-state index in [1.807, 2.05) is 18.3 Å². The summed E-state index contributed by atoms with van der Waals surface area (Å²) in [7, 11) is 0. The number of nitrogens with one attached hydrogen (secondary N) is 2. The van der Waals surface area contributed by atoms with Crippen LogP contribution in [0.2, 0.25) is 0 Å². The minimum atomic E-state index is -0.168. The molecule has 0 aliphatic rings. The highest BCUT2D eigenvalue weighted by Gasteiger charge is 2.02. The van der Waals surface area contributed by atoms with Crippen LogP contribution >= 0.6 is 0 Å². The van der Waals surface area contributed by atoms with Crippen LogP contribution in [0.4, 0.5) is 10.1 Å². The highest BCUT2D eigenvalue weighted by molar-refractivity contribution is 5.83. The van der Waals surface area contributed by atoms with E-state index in [1.165, 1.54) is 17.0 Å². The van der Waals surface area contributed by atoms with E-state index < -0.39 is 0 Å². The van der Waals surface area contributed by atoms with Gasteiger partial charge in [-0.2, -0.15) is 0 Å². The highest BCUT2D eigenvalue weighted by atomic mass is 19.1. The van der Waals surface area contributed by atoms with Gasteiger partial charge in [0, 0.05) is 29.3 Å². The van der Waals surface area contributed by atoms with Crippen LogP contribution in [0.3, 0.4) is 0 Å². The molecule has 0 atom stereocenters. The van der Waals surface area contributed by atoms with Crippen LogP contribution < -0.4 is 5.32 Å². The summed E-state index contributed by atoms with van der Waals surface area (Å²) in [6, 6.07) is 13.3. The molecule has 0 aliphatic heterocycles. The maximum Gasteiger partial charge on any atom is 0.126 e. The SMILES string of the molecule is Cc1cc(NCc2cccc3[nH]ccc23)ccc1F. The second kappa shape index (κ2) is 4.76. The Labute approximate surface area is 111 Å². The van der Waals surface area contributed by atoms with Gasteiger partial charge in [-0.25, -0.2) is 4.39 Å². The van der Waals surface area contributed by atoms with E-state index >= 15 is 0 Å². The second-order valence-corrected chi connectivity index (χ2v) is 4.67. The fourth-order valence-corrected chi connectivity index (χ4v) is 2.26. The van der Waals surface area contributed by atoms with Crippen LogP contribution in [0, 0.1) is 12.7 Å². The lowest BCUT2D eigenvalue weighted by atomic mass is 10.1. The molecule has 2 nitrogen and oxygen atoms in total. The van der Waals surface area contributed by atoms with Crippen molar-refractivity contribution in [1.29, 1.82) is 0 Å². The van der Waals surface area contributed by atoms with Gasteiger partial charge in [0.05, 0.1) is 0 Å². The van der Waals surface area contributed by atoms with E-state index in [0.29, 0.717) is 5.56 Å². The van der Waals surface area contributed by atoms with Crippen LogP contribution in [0.1, 0.15) is 11.1 Å². The summed E-state index contributed by atoms with van der Waals surface area (Å²) in [6.07, 6.45) is 1.94. The number of benzene rings is 2. The summed E-state index contributed by atoms with van der Waals surface area (Å²) >= 11 is 0. The van der Waals surface area contributed by atoms with E-state index in [4.69, 9.17) is 0 Å². The summed E-state index contributed by atoms with van der Waals surface area (Å²) in [5.74, 6) is -0.168. The maximum atomic E-state index is 13.2. The lowest BCUT2D eigenvalue weighted by Gasteiger charge is -2.09. The number of rotatable bonds is 3. The first-order chi connectivity index (χ1) is 9.24. The van der Waals surface area contributed by atoms with Crippen molar-refractivity contribution in [3.05, 3.63) is 65.6 Å². The molecule has 3 heteroatoms. The van der Waals surface area contributed by atoms with Crippen LogP contribution in [0.25, 0.3) is 10.9 Å². The average molecular weight is 254 g/mol. The summed E-state index contributed by atoms with van der Waals surface area (Å²) in [5.41, 5.74) is 3.95. The Hall–Kier alpha value is -2.29. The van der Waals surface area contributed by atoms with Crippen molar-refractivity contribution in [1.82, 2.24) is 4.98 Å². The number of H-pyrrole nitrogens is 1. The van der Waals surface area contributed by atoms with Crippen LogP contribution in [-0.2, 0) is 6.54 Å². The van der Waals surface area contributed by atoms with Crippen LogP contribution in [0.15, 0.2) is 48.7 Å². The monoisotopic (exact) mass is 254 g/mol. The molecular formula is C16H15FN2. The van der Waals surface area contributed by atoms with E-state index in [1.54, 1.807) is 13.0 Å². The molecule has 0 unspecified atom stereocenters. The first-order valence-electron chi connectivity index (χ1n) is 6.29. The number of aromatic amines is 1. The fraction of sp³-hybridized carbons (Fsp3) is 0.125. The molecule has 0 amide bonds. The summed E-state index contributed by atoms with van der Waals surface area (Å²) in [4.78, 5) is 3.20. The molecule has 0 spiro atoms. The predicted octanol–water partition coefficient (Wildman–Crippen LogP) is 4.23. The molecule has 1 aromatic heterocycles. The molecule has 0 saturated heterocycles. The van der Waals surface area contributed by atoms with Gasteiger partial charge in [0.15, 0.2) is 0 Å². The Balaban J connectivity index is 1.82. The summed E-state index contributed by atoms with van der Waals surface area (Å²) in [5, 5.41) is 4.55. The Kier molecular flexibility index (Phi) is 2.95. The Morgan fingerprint density at radius 3 is 2.89 bits per heavy atom. The number of aromatic nitrogens is 1. The van der Waals surface area contributed by atoms with E-state index in [9.17, 15) is 4.39 Å². The third-order valence-electron chi connectivity index (χ3n) is 3.33. The van der Waals surface area contributed by atoms with Crippen molar-refractivity contribution >= 4 is 16.6 Å². The van der Waals surface area contributed by atoms with Gasteiger partial charge in [-0.15, -0.1) is 0 Å². The molecule has 0 aliphatic carbocycles. The van der Waals surface area contributed by atoms with Gasteiger partial charge in [-0.05, 0) is 48.4 Å². The molecule has 96 valence electrons. The first kappa shape index (κ1) is 11.8. The van der Waals surface area contributed by atoms with Gasteiger partial charge < -0.3 is 10.3 Å². The molecule has 3 rings (SSSR count). The number of fused-ring (bicyclic) bond motifs is 1. The van der Waals surface area contributed by atoms with Crippen molar-refractivity contribution in [3.63, 3.8) is 0 Å². The Morgan fingerprint density at radius 2 is 2.05 bits per heavy atom. The van der Waals surface area contributed by atoms with E-state index in [-0.39, 0.29) is 5.82 Å². The van der Waals surface area contributed by atoms with Crippen molar-refractivity contribution < 1.29 is 4.39 Å². The standard InChI is InChI=1S/C16H15FN2/c1-11-9-13(5-6-15(11)17)19-10-12-3-2-4-16-14(12)7-8-18-16/h2-9,18-19H,10H2,1H3. The minimum Gasteiger partial charge on any atom is -0.381 e. The smallest absolute Gasteiger partial charge is 0.126 e. The van der Waals surface area contributed by atoms with Gasteiger partial charge >= 0.3 is 0 Å². The van der Waals surface area contributed by atoms with E-state index in [2.05, 4.69) is 28.5 Å². The third kappa shape index (κ3) is 2.32. The third-order valence-corrected chi connectivity index (χ3v) is 3.33. The zero-order valence-corrected chi connectivity index (χ0v) is 10.7. The maximum absolute atomic E-state index is 13.2. The largest absolute Gasteiger partial charge is 0.381 e. The second-order valence-electron chi connectivity index (χ2n) is 4.67. The number of halogens is 1. The Morgan fingerprint density at radius 1 is 1.16 bits per heavy atom. The molecule has 0 fully saturated rings. The highest BCUT2D eigenvalue weighted by Crippen LogP contribution is 2.19. The number of hydrogen-bond donors (Lipinski definition) is 2. The lowest BCUT2D eigenvalue weighted by Crippen LogP contribution is -2.00. The van der Waals surface area contributed by atoms with Gasteiger partial charge in [-0.1, -0.05) is 12.1 Å². The molecule has 0 bridgehead atoms. The molecule has 19 heavy (non-hydrogen) atoms.